The molecule has 0 saturated carbocycles. The lowest BCUT2D eigenvalue weighted by Crippen LogP contribution is -2.20. The lowest BCUT2D eigenvalue weighted by Gasteiger charge is -2.08. The van der Waals surface area contributed by atoms with Crippen molar-refractivity contribution in [3.05, 3.63) is 64.6 Å². The number of fused-ring (bicyclic) bond motifs is 3. The van der Waals surface area contributed by atoms with Crippen molar-refractivity contribution in [1.29, 1.82) is 0 Å². The number of aryl methyl sites for hydroxylation is 2. The van der Waals surface area contributed by atoms with Gasteiger partial charge < -0.3 is 4.74 Å². The highest BCUT2D eigenvalue weighted by molar-refractivity contribution is 6.31. The van der Waals surface area contributed by atoms with Crippen molar-refractivity contribution in [3.63, 3.8) is 0 Å². The van der Waals surface area contributed by atoms with E-state index in [1.54, 1.807) is 46.5 Å². The zero-order valence-corrected chi connectivity index (χ0v) is 18.0. The van der Waals surface area contributed by atoms with Crippen LogP contribution in [0.2, 0.25) is 5.15 Å². The van der Waals surface area contributed by atoms with Crippen LogP contribution in [-0.4, -0.2) is 35.5 Å². The average Bonchev–Trinajstić information content (AvgIpc) is 3.23. The number of hydrogen-bond donors (Lipinski definition) is 0. The summed E-state index contributed by atoms with van der Waals surface area (Å²) >= 11 is 6.34. The molecular formula is C22H19ClN6O2. The highest BCUT2D eigenvalue weighted by Gasteiger charge is 2.20. The summed E-state index contributed by atoms with van der Waals surface area (Å²) in [6.45, 7) is 2.49. The molecular weight excluding hydrogens is 416 g/mol. The molecule has 9 heteroatoms. The number of ether oxygens (including phenoxy) is 1. The summed E-state index contributed by atoms with van der Waals surface area (Å²) in [7, 11) is 3.49. The van der Waals surface area contributed by atoms with Crippen LogP contribution < -0.4 is 10.4 Å². The number of rotatable bonds is 4. The summed E-state index contributed by atoms with van der Waals surface area (Å²) in [5.74, 6) is 0.583. The minimum atomic E-state index is -0.215. The van der Waals surface area contributed by atoms with Crippen LogP contribution in [0.25, 0.3) is 38.8 Å². The van der Waals surface area contributed by atoms with Gasteiger partial charge in [-0.15, -0.1) is 0 Å². The lowest BCUT2D eigenvalue weighted by atomic mass is 10.0. The second-order valence-electron chi connectivity index (χ2n) is 7.20. The van der Waals surface area contributed by atoms with E-state index < -0.39 is 0 Å². The summed E-state index contributed by atoms with van der Waals surface area (Å²) in [5, 5.41) is 5.28. The Morgan fingerprint density at radius 2 is 1.87 bits per heavy atom. The second kappa shape index (κ2) is 7.24. The Bertz CT molecular complexity index is 1500. The number of aromatic nitrogens is 6. The predicted molar refractivity (Wildman–Crippen MR) is 120 cm³/mol. The van der Waals surface area contributed by atoms with Gasteiger partial charge in [-0.25, -0.2) is 9.78 Å². The van der Waals surface area contributed by atoms with Gasteiger partial charge >= 0.3 is 5.69 Å². The average molecular weight is 435 g/mol. The third-order valence-electron chi connectivity index (χ3n) is 5.25. The predicted octanol–water partition coefficient (Wildman–Crippen LogP) is 3.73. The number of nitrogens with zero attached hydrogens (tertiary/aromatic N) is 6. The molecule has 0 aliphatic rings. The maximum atomic E-state index is 13.1. The molecule has 0 N–H and O–H groups in total. The number of benzene rings is 1. The van der Waals surface area contributed by atoms with Crippen molar-refractivity contribution < 1.29 is 4.74 Å². The van der Waals surface area contributed by atoms with Gasteiger partial charge in [0.05, 0.1) is 35.6 Å². The summed E-state index contributed by atoms with van der Waals surface area (Å²) in [4.78, 5) is 22.0. The van der Waals surface area contributed by atoms with E-state index in [0.717, 1.165) is 27.5 Å². The quantitative estimate of drug-likeness (QED) is 0.430. The van der Waals surface area contributed by atoms with Crippen LogP contribution in [0.1, 0.15) is 6.92 Å². The van der Waals surface area contributed by atoms with E-state index in [-0.39, 0.29) is 10.8 Å². The zero-order chi connectivity index (χ0) is 21.7. The molecule has 5 aromatic rings. The molecule has 4 aromatic heterocycles. The van der Waals surface area contributed by atoms with Crippen LogP contribution in [-0.2, 0) is 14.1 Å². The molecule has 0 bridgehead atoms. The maximum absolute atomic E-state index is 13.1. The normalized spacial score (nSPS) is 11.5. The molecule has 0 fully saturated rings. The molecule has 0 aliphatic carbocycles. The Morgan fingerprint density at radius 3 is 2.55 bits per heavy atom. The molecule has 5 rings (SSSR count). The van der Waals surface area contributed by atoms with Crippen LogP contribution in [0.5, 0.6) is 5.88 Å². The third-order valence-corrected chi connectivity index (χ3v) is 5.52. The lowest BCUT2D eigenvalue weighted by molar-refractivity contribution is 0.327. The van der Waals surface area contributed by atoms with Crippen molar-refractivity contribution in [1.82, 2.24) is 28.9 Å². The molecule has 156 valence electrons. The molecule has 0 atom stereocenters. The maximum Gasteiger partial charge on any atom is 0.333 e. The van der Waals surface area contributed by atoms with Crippen molar-refractivity contribution in [2.45, 2.75) is 6.92 Å². The molecule has 31 heavy (non-hydrogen) atoms. The summed E-state index contributed by atoms with van der Waals surface area (Å²) < 4.78 is 10.2. The molecule has 0 amide bonds. The third kappa shape index (κ3) is 3.07. The molecule has 0 unspecified atom stereocenters. The van der Waals surface area contributed by atoms with E-state index in [9.17, 15) is 4.79 Å². The van der Waals surface area contributed by atoms with E-state index in [4.69, 9.17) is 16.3 Å². The first-order valence-corrected chi connectivity index (χ1v) is 10.1. The van der Waals surface area contributed by atoms with Crippen LogP contribution in [0, 0.1) is 0 Å². The fourth-order valence-electron chi connectivity index (χ4n) is 3.78. The topological polar surface area (TPSA) is 79.8 Å². The Labute approximate surface area is 182 Å². The van der Waals surface area contributed by atoms with E-state index in [1.165, 1.54) is 0 Å². The Morgan fingerprint density at radius 1 is 1.06 bits per heavy atom. The molecule has 8 nitrogen and oxygen atoms in total. The van der Waals surface area contributed by atoms with Crippen molar-refractivity contribution in [3.8, 4) is 22.7 Å². The molecule has 0 spiro atoms. The SMILES string of the molecule is CCOc1ccc(-c2ccc3ncc4c(c3c2)n(-c2cn(C)nc2Cl)c(=O)n4C)cn1. The smallest absolute Gasteiger partial charge is 0.333 e. The van der Waals surface area contributed by atoms with Crippen LogP contribution >= 0.6 is 11.6 Å². The largest absolute Gasteiger partial charge is 0.478 e. The van der Waals surface area contributed by atoms with Gasteiger partial charge in [-0.3, -0.25) is 18.8 Å². The fourth-order valence-corrected chi connectivity index (χ4v) is 4.04. The van der Waals surface area contributed by atoms with E-state index in [0.29, 0.717) is 23.7 Å². The number of pyridine rings is 2. The minimum absolute atomic E-state index is 0.215. The number of halogens is 1. The zero-order valence-electron chi connectivity index (χ0n) is 17.2. The van der Waals surface area contributed by atoms with Gasteiger partial charge in [0.15, 0.2) is 5.15 Å². The molecule has 4 heterocycles. The van der Waals surface area contributed by atoms with Gasteiger partial charge in [0, 0.05) is 37.3 Å². The van der Waals surface area contributed by atoms with Crippen molar-refractivity contribution >= 4 is 33.5 Å². The second-order valence-corrected chi connectivity index (χ2v) is 7.56. The Hall–Kier alpha value is -3.65. The standard InChI is InChI=1S/C22H19ClN6O2/c1-4-31-19-8-6-14(10-25-19)13-5-7-16-15(9-13)20-17(11-24-16)28(3)22(30)29(20)18-12-27(2)26-21(18)23/h5-12H,4H2,1-3H3. The van der Waals surface area contributed by atoms with Crippen molar-refractivity contribution in [2.75, 3.05) is 6.61 Å². The molecule has 0 saturated heterocycles. The van der Waals surface area contributed by atoms with Gasteiger partial charge in [0.1, 0.15) is 5.69 Å². The van der Waals surface area contributed by atoms with E-state index >= 15 is 0 Å². The molecule has 1 aromatic carbocycles. The highest BCUT2D eigenvalue weighted by atomic mass is 35.5. The number of imidazole rings is 1. The van der Waals surface area contributed by atoms with Gasteiger partial charge in [0.25, 0.3) is 0 Å². The first-order chi connectivity index (χ1) is 15.0. The Balaban J connectivity index is 1.79. The molecule has 0 radical (unpaired) electrons. The van der Waals surface area contributed by atoms with Gasteiger partial charge in [-0.05, 0) is 30.7 Å². The fraction of sp³-hybridized carbons (Fsp3) is 0.182. The van der Waals surface area contributed by atoms with E-state index in [2.05, 4.69) is 15.1 Å². The minimum Gasteiger partial charge on any atom is -0.478 e. The van der Waals surface area contributed by atoms with Gasteiger partial charge in [-0.2, -0.15) is 5.10 Å². The number of hydrogen-bond acceptors (Lipinski definition) is 5. The first-order valence-electron chi connectivity index (χ1n) is 9.77. The van der Waals surface area contributed by atoms with Crippen LogP contribution in [0.4, 0.5) is 0 Å². The monoisotopic (exact) mass is 434 g/mol. The van der Waals surface area contributed by atoms with Crippen molar-refractivity contribution in [2.24, 2.45) is 14.1 Å². The van der Waals surface area contributed by atoms with Crippen LogP contribution in [0.15, 0.2) is 53.7 Å². The summed E-state index contributed by atoms with van der Waals surface area (Å²) in [6.07, 6.45) is 5.21. The summed E-state index contributed by atoms with van der Waals surface area (Å²) in [6, 6.07) is 9.74. The molecule has 0 aliphatic heterocycles. The van der Waals surface area contributed by atoms with Gasteiger partial charge in [0.2, 0.25) is 5.88 Å². The van der Waals surface area contributed by atoms with Gasteiger partial charge in [-0.1, -0.05) is 17.7 Å². The summed E-state index contributed by atoms with van der Waals surface area (Å²) in [5.41, 5.74) is 4.42. The highest BCUT2D eigenvalue weighted by Crippen LogP contribution is 2.31. The van der Waals surface area contributed by atoms with Crippen LogP contribution in [0.3, 0.4) is 0 Å². The first kappa shape index (κ1) is 19.3. The Kier molecular flexibility index (Phi) is 4.51. The van der Waals surface area contributed by atoms with E-state index in [1.807, 2.05) is 37.3 Å².